The first kappa shape index (κ1) is 17.6. The number of rotatable bonds is 4. The quantitative estimate of drug-likeness (QED) is 0.810. The Hall–Kier alpha value is -1.36. The molecule has 3 nitrogen and oxygen atoms in total. The van der Waals surface area contributed by atoms with Crippen molar-refractivity contribution in [2.45, 2.75) is 31.1 Å². The number of carbonyl (C=O) groups excluding carboxylic acids is 1. The van der Waals surface area contributed by atoms with Crippen LogP contribution in [0.2, 0.25) is 0 Å². The molecule has 0 unspecified atom stereocenters. The fourth-order valence-corrected chi connectivity index (χ4v) is 0.722. The Morgan fingerprint density at radius 1 is 0.947 bits per heavy atom. The Bertz CT molecular complexity index is 338. The maximum atomic E-state index is 12.6. The molecule has 0 aromatic carbocycles. The van der Waals surface area contributed by atoms with Crippen LogP contribution in [0.3, 0.4) is 0 Å². The largest absolute Gasteiger partial charge is 0.474 e. The first-order valence-corrected chi connectivity index (χ1v) is 4.37. The number of carbonyl (C=O) groups is 1. The number of alkyl carbamates (subject to hydrolysis) is 1. The zero-order chi connectivity index (χ0) is 15.7. The van der Waals surface area contributed by atoms with Crippen LogP contribution in [-0.2, 0) is 4.74 Å². The molecule has 0 aromatic heterocycles. The Morgan fingerprint density at radius 3 is 1.68 bits per heavy atom. The lowest BCUT2D eigenvalue weighted by molar-refractivity contribution is -0.433. The number of hydrogen-bond donors (Lipinski definition) is 1. The van der Waals surface area contributed by atoms with Crippen molar-refractivity contribution in [3.63, 3.8) is 0 Å². The van der Waals surface area contributed by atoms with Crippen LogP contribution < -0.4 is 5.32 Å². The second-order valence-electron chi connectivity index (χ2n) is 3.08. The highest BCUT2D eigenvalue weighted by atomic mass is 19.4. The lowest BCUT2D eigenvalue weighted by Crippen LogP contribution is -2.62. The summed E-state index contributed by atoms with van der Waals surface area (Å²) in [6.45, 7) is 0.720. The van der Waals surface area contributed by atoms with Crippen molar-refractivity contribution >= 4 is 6.09 Å². The number of hydrogen-bond acceptors (Lipinski definition) is 2. The minimum atomic E-state index is -7.09. The van der Waals surface area contributed by atoms with Crippen molar-refractivity contribution in [1.82, 2.24) is 5.32 Å². The van der Waals surface area contributed by atoms with E-state index in [1.165, 1.54) is 5.32 Å². The highest BCUT2D eigenvalue weighted by Gasteiger charge is 2.84. The van der Waals surface area contributed by atoms with Crippen molar-refractivity contribution in [3.05, 3.63) is 0 Å². The smallest absolute Gasteiger partial charge is 0.379 e. The maximum absolute atomic E-state index is 12.6. The molecule has 0 rings (SSSR count). The fourth-order valence-electron chi connectivity index (χ4n) is 0.722. The minimum Gasteiger partial charge on any atom is -0.379 e. The summed E-state index contributed by atoms with van der Waals surface area (Å²) in [7, 11) is 0. The van der Waals surface area contributed by atoms with Gasteiger partial charge in [-0.05, 0) is 6.92 Å². The third kappa shape index (κ3) is 3.15. The molecule has 0 spiro atoms. The van der Waals surface area contributed by atoms with Crippen LogP contribution in [0.1, 0.15) is 6.92 Å². The van der Waals surface area contributed by atoms with E-state index in [-0.39, 0.29) is 0 Å². The summed E-state index contributed by atoms with van der Waals surface area (Å²) in [4.78, 5) is 10.4. The molecule has 1 amide bonds. The van der Waals surface area contributed by atoms with Crippen LogP contribution in [0.4, 0.5) is 44.3 Å². The van der Waals surface area contributed by atoms with Crippen LogP contribution in [0.15, 0.2) is 0 Å². The topological polar surface area (TPSA) is 38.3 Å². The SMILES string of the molecule is CCNC(=O)OC(F)(F)C(F)(F)C(F)(F)C(F)(F)F. The molecule has 0 saturated heterocycles. The molecular formula is C7H6F9NO2. The van der Waals surface area contributed by atoms with E-state index in [0.717, 1.165) is 6.92 Å². The van der Waals surface area contributed by atoms with Gasteiger partial charge < -0.3 is 10.1 Å². The summed E-state index contributed by atoms with van der Waals surface area (Å²) in [6, 6.07) is 0. The summed E-state index contributed by atoms with van der Waals surface area (Å²) in [5.41, 5.74) is 0. The molecule has 0 aliphatic carbocycles. The van der Waals surface area contributed by atoms with E-state index in [1.807, 2.05) is 0 Å². The monoisotopic (exact) mass is 307 g/mol. The average molecular weight is 307 g/mol. The van der Waals surface area contributed by atoms with Crippen LogP contribution >= 0.6 is 0 Å². The van der Waals surface area contributed by atoms with Crippen molar-refractivity contribution in [2.75, 3.05) is 6.54 Å². The van der Waals surface area contributed by atoms with Gasteiger partial charge in [-0.2, -0.15) is 39.5 Å². The Morgan fingerprint density at radius 2 is 1.37 bits per heavy atom. The van der Waals surface area contributed by atoms with Gasteiger partial charge in [0.1, 0.15) is 0 Å². The van der Waals surface area contributed by atoms with Gasteiger partial charge >= 0.3 is 30.2 Å². The predicted molar refractivity (Wildman–Crippen MR) is 41.1 cm³/mol. The number of amides is 1. The minimum absolute atomic E-state index is 0.407. The van der Waals surface area contributed by atoms with Gasteiger partial charge in [-0.25, -0.2) is 4.79 Å². The summed E-state index contributed by atoms with van der Waals surface area (Å²) < 4.78 is 112. The summed E-state index contributed by atoms with van der Waals surface area (Å²) in [5.74, 6) is -14.1. The third-order valence-corrected chi connectivity index (χ3v) is 1.66. The molecule has 0 saturated carbocycles. The van der Waals surface area contributed by atoms with E-state index >= 15 is 0 Å². The van der Waals surface area contributed by atoms with E-state index < -0.39 is 36.8 Å². The molecule has 114 valence electrons. The normalized spacial score (nSPS) is 14.2. The van der Waals surface area contributed by atoms with Gasteiger partial charge in [0.25, 0.3) is 0 Å². The molecule has 12 heteroatoms. The van der Waals surface area contributed by atoms with E-state index in [1.54, 1.807) is 0 Å². The van der Waals surface area contributed by atoms with Crippen LogP contribution in [0, 0.1) is 0 Å². The van der Waals surface area contributed by atoms with Gasteiger partial charge in [-0.1, -0.05) is 0 Å². The zero-order valence-electron chi connectivity index (χ0n) is 8.93. The molecule has 0 aromatic rings. The highest BCUT2D eigenvalue weighted by molar-refractivity contribution is 5.67. The number of halogens is 9. The first-order valence-electron chi connectivity index (χ1n) is 4.37. The van der Waals surface area contributed by atoms with Gasteiger partial charge in [-0.3, -0.25) is 0 Å². The van der Waals surface area contributed by atoms with Crippen LogP contribution in [-0.4, -0.2) is 36.8 Å². The summed E-state index contributed by atoms with van der Waals surface area (Å²) >= 11 is 0. The van der Waals surface area contributed by atoms with Crippen molar-refractivity contribution in [1.29, 1.82) is 0 Å². The molecule has 0 bridgehead atoms. The highest BCUT2D eigenvalue weighted by Crippen LogP contribution is 2.53. The molecule has 0 atom stereocenters. The van der Waals surface area contributed by atoms with Crippen LogP contribution in [0.5, 0.6) is 0 Å². The fraction of sp³-hybridized carbons (Fsp3) is 0.857. The van der Waals surface area contributed by atoms with Gasteiger partial charge in [0, 0.05) is 6.54 Å². The third-order valence-electron chi connectivity index (χ3n) is 1.66. The Balaban J connectivity index is 5.33. The van der Waals surface area contributed by atoms with Gasteiger partial charge in [0.2, 0.25) is 0 Å². The molecule has 19 heavy (non-hydrogen) atoms. The van der Waals surface area contributed by atoms with E-state index in [9.17, 15) is 44.3 Å². The lowest BCUT2D eigenvalue weighted by atomic mass is 10.1. The molecule has 0 aliphatic rings. The molecule has 0 fully saturated rings. The van der Waals surface area contributed by atoms with E-state index in [2.05, 4.69) is 4.74 Å². The van der Waals surface area contributed by atoms with E-state index in [4.69, 9.17) is 0 Å². The maximum Gasteiger partial charge on any atom is 0.474 e. The second kappa shape index (κ2) is 4.96. The van der Waals surface area contributed by atoms with Crippen molar-refractivity contribution < 1.29 is 49.0 Å². The standard InChI is InChI=1S/C7H6F9NO2/c1-2-17-3(18)19-7(15,16)5(10,11)4(8,9)6(12,13)14/h2H2,1H3,(H,17,18). The Kier molecular flexibility index (Phi) is 4.61. The molecule has 1 N–H and O–H groups in total. The summed E-state index contributed by atoms with van der Waals surface area (Å²) in [6.07, 6.45) is -15.6. The second-order valence-corrected chi connectivity index (χ2v) is 3.08. The first-order chi connectivity index (χ1) is 8.20. The average Bonchev–Trinajstić information content (AvgIpc) is 2.14. The predicted octanol–water partition coefficient (Wildman–Crippen LogP) is 3.16. The molecular weight excluding hydrogens is 301 g/mol. The molecule has 0 heterocycles. The van der Waals surface area contributed by atoms with Crippen molar-refractivity contribution in [2.24, 2.45) is 0 Å². The lowest BCUT2D eigenvalue weighted by Gasteiger charge is -2.32. The van der Waals surface area contributed by atoms with E-state index in [0.29, 0.717) is 0 Å². The van der Waals surface area contributed by atoms with Gasteiger partial charge in [0.15, 0.2) is 0 Å². The van der Waals surface area contributed by atoms with Crippen molar-refractivity contribution in [3.8, 4) is 0 Å². The van der Waals surface area contributed by atoms with Gasteiger partial charge in [0.05, 0.1) is 0 Å². The Labute approximate surface area is 99.2 Å². The van der Waals surface area contributed by atoms with Gasteiger partial charge in [-0.15, -0.1) is 0 Å². The zero-order valence-corrected chi connectivity index (χ0v) is 8.93. The number of nitrogens with one attached hydrogen (secondary N) is 1. The number of alkyl halides is 9. The summed E-state index contributed by atoms with van der Waals surface area (Å²) in [5, 5.41) is 1.36. The molecule has 0 radical (unpaired) electrons. The van der Waals surface area contributed by atoms with Crippen LogP contribution in [0.25, 0.3) is 0 Å². The molecule has 0 aliphatic heterocycles. The number of ether oxygens (including phenoxy) is 1.